The number of carbonyl (C=O) groups is 1. The third-order valence-electron chi connectivity index (χ3n) is 3.05. The summed E-state index contributed by atoms with van der Waals surface area (Å²) in [5.74, 6) is 0.793. The number of nitriles is 1. The molecule has 21 heavy (non-hydrogen) atoms. The molecular weight excluding hydrogens is 264 g/mol. The van der Waals surface area contributed by atoms with Gasteiger partial charge >= 0.3 is 0 Å². The highest BCUT2D eigenvalue weighted by Gasteiger charge is 2.11. The SMILES string of the molecule is CC(=O)CN(CCC#N)c1ccn(Cc2ccccc2)n1. The molecule has 0 amide bonds. The number of hydrogen-bond donors (Lipinski definition) is 0. The molecule has 0 aliphatic heterocycles. The van der Waals surface area contributed by atoms with Crippen molar-refractivity contribution in [2.45, 2.75) is 19.9 Å². The minimum Gasteiger partial charge on any atom is -0.347 e. The van der Waals surface area contributed by atoms with E-state index in [4.69, 9.17) is 5.26 Å². The number of carbonyl (C=O) groups excluding carboxylic acids is 1. The number of Topliss-reactive ketones (excluding diaryl/α,β-unsaturated/α-hetero) is 1. The first-order chi connectivity index (χ1) is 10.2. The van der Waals surface area contributed by atoms with Gasteiger partial charge in [0.2, 0.25) is 0 Å². The summed E-state index contributed by atoms with van der Waals surface area (Å²) in [6.45, 7) is 3.02. The molecule has 108 valence electrons. The van der Waals surface area contributed by atoms with E-state index in [1.165, 1.54) is 5.56 Å². The molecule has 0 radical (unpaired) electrons. The Labute approximate surface area is 124 Å². The van der Waals surface area contributed by atoms with Crippen LogP contribution in [0.3, 0.4) is 0 Å². The van der Waals surface area contributed by atoms with Gasteiger partial charge in [-0.25, -0.2) is 0 Å². The van der Waals surface area contributed by atoms with Gasteiger partial charge < -0.3 is 4.90 Å². The normalized spacial score (nSPS) is 10.1. The van der Waals surface area contributed by atoms with E-state index in [-0.39, 0.29) is 12.3 Å². The number of benzene rings is 1. The Hall–Kier alpha value is -2.61. The molecule has 0 aliphatic carbocycles. The van der Waals surface area contributed by atoms with Crippen molar-refractivity contribution in [1.29, 1.82) is 5.26 Å². The molecule has 5 heteroatoms. The lowest BCUT2D eigenvalue weighted by molar-refractivity contribution is -0.115. The highest BCUT2D eigenvalue weighted by atomic mass is 16.1. The monoisotopic (exact) mass is 282 g/mol. The van der Waals surface area contributed by atoms with E-state index in [1.807, 2.05) is 52.2 Å². The molecule has 2 aromatic rings. The van der Waals surface area contributed by atoms with Gasteiger partial charge in [0.1, 0.15) is 5.78 Å². The predicted octanol–water partition coefficient (Wildman–Crippen LogP) is 2.24. The van der Waals surface area contributed by atoms with Crippen LogP contribution in [0.5, 0.6) is 0 Å². The summed E-state index contributed by atoms with van der Waals surface area (Å²) >= 11 is 0. The second-order valence-corrected chi connectivity index (χ2v) is 4.89. The van der Waals surface area contributed by atoms with Gasteiger partial charge in [0.05, 0.1) is 25.6 Å². The van der Waals surface area contributed by atoms with Crippen LogP contribution in [0.25, 0.3) is 0 Å². The van der Waals surface area contributed by atoms with Crippen molar-refractivity contribution in [3.63, 3.8) is 0 Å². The van der Waals surface area contributed by atoms with E-state index >= 15 is 0 Å². The highest BCUT2D eigenvalue weighted by Crippen LogP contribution is 2.12. The van der Waals surface area contributed by atoms with Gasteiger partial charge in [-0.15, -0.1) is 0 Å². The van der Waals surface area contributed by atoms with Gasteiger partial charge in [0.25, 0.3) is 0 Å². The average Bonchev–Trinajstić information content (AvgIpc) is 2.92. The first-order valence-electron chi connectivity index (χ1n) is 6.88. The van der Waals surface area contributed by atoms with Crippen molar-refractivity contribution in [2.24, 2.45) is 0 Å². The lowest BCUT2D eigenvalue weighted by atomic mass is 10.2. The second-order valence-electron chi connectivity index (χ2n) is 4.89. The summed E-state index contributed by atoms with van der Waals surface area (Å²) in [5, 5.41) is 13.2. The number of aromatic nitrogens is 2. The van der Waals surface area contributed by atoms with E-state index < -0.39 is 0 Å². The molecular formula is C16H18N4O. The van der Waals surface area contributed by atoms with Crippen molar-refractivity contribution >= 4 is 11.6 Å². The predicted molar refractivity (Wildman–Crippen MR) is 80.9 cm³/mol. The maximum absolute atomic E-state index is 11.3. The van der Waals surface area contributed by atoms with Crippen LogP contribution in [0.4, 0.5) is 5.82 Å². The fraction of sp³-hybridized carbons (Fsp3) is 0.312. The summed E-state index contributed by atoms with van der Waals surface area (Å²) in [6.07, 6.45) is 2.26. The zero-order valence-electron chi connectivity index (χ0n) is 12.1. The van der Waals surface area contributed by atoms with Crippen LogP contribution in [0.15, 0.2) is 42.6 Å². The van der Waals surface area contributed by atoms with Crippen LogP contribution in [-0.2, 0) is 11.3 Å². The molecule has 0 spiro atoms. The van der Waals surface area contributed by atoms with Gasteiger partial charge in [-0.2, -0.15) is 10.4 Å². The Morgan fingerprint density at radius 1 is 1.33 bits per heavy atom. The van der Waals surface area contributed by atoms with Crippen LogP contribution in [-0.4, -0.2) is 28.7 Å². The molecule has 0 N–H and O–H groups in total. The summed E-state index contributed by atoms with van der Waals surface area (Å²) in [4.78, 5) is 13.2. The average molecular weight is 282 g/mol. The molecule has 0 bridgehead atoms. The molecule has 5 nitrogen and oxygen atoms in total. The molecule has 0 saturated heterocycles. The Morgan fingerprint density at radius 3 is 2.76 bits per heavy atom. The van der Waals surface area contributed by atoms with Crippen LogP contribution in [0.2, 0.25) is 0 Å². The van der Waals surface area contributed by atoms with Gasteiger partial charge in [-0.1, -0.05) is 30.3 Å². The van der Waals surface area contributed by atoms with Gasteiger partial charge in [0, 0.05) is 18.8 Å². The fourth-order valence-electron chi connectivity index (χ4n) is 2.11. The molecule has 1 aromatic heterocycles. The largest absolute Gasteiger partial charge is 0.347 e. The molecule has 1 aromatic carbocycles. The number of rotatable bonds is 7. The molecule has 0 unspecified atom stereocenters. The van der Waals surface area contributed by atoms with Crippen molar-refractivity contribution in [1.82, 2.24) is 9.78 Å². The summed E-state index contributed by atoms with van der Waals surface area (Å²) in [7, 11) is 0. The summed E-state index contributed by atoms with van der Waals surface area (Å²) < 4.78 is 1.84. The number of ketones is 1. The van der Waals surface area contributed by atoms with E-state index in [9.17, 15) is 4.79 Å². The van der Waals surface area contributed by atoms with Crippen molar-refractivity contribution in [2.75, 3.05) is 18.0 Å². The Balaban J connectivity index is 2.08. The maximum atomic E-state index is 11.3. The molecule has 2 rings (SSSR count). The Bertz CT molecular complexity index is 627. The number of hydrogen-bond acceptors (Lipinski definition) is 4. The van der Waals surface area contributed by atoms with Gasteiger partial charge in [-0.3, -0.25) is 9.48 Å². The molecule has 0 atom stereocenters. The topological polar surface area (TPSA) is 61.9 Å². The van der Waals surface area contributed by atoms with E-state index in [1.54, 1.807) is 6.92 Å². The van der Waals surface area contributed by atoms with E-state index in [0.717, 1.165) is 5.82 Å². The standard InChI is InChI=1S/C16H18N4O/c1-14(21)12-19(10-5-9-17)16-8-11-20(18-16)13-15-6-3-2-4-7-15/h2-4,6-8,11H,5,10,12-13H2,1H3. The van der Waals surface area contributed by atoms with Gasteiger partial charge in [0.15, 0.2) is 5.82 Å². The zero-order valence-corrected chi connectivity index (χ0v) is 12.1. The Morgan fingerprint density at radius 2 is 2.10 bits per heavy atom. The van der Waals surface area contributed by atoms with Crippen LogP contribution in [0.1, 0.15) is 18.9 Å². The summed E-state index contributed by atoms with van der Waals surface area (Å²) in [6, 6.07) is 14.0. The lowest BCUT2D eigenvalue weighted by Crippen LogP contribution is -2.30. The van der Waals surface area contributed by atoms with E-state index in [2.05, 4.69) is 11.2 Å². The first kappa shape index (κ1) is 14.8. The first-order valence-corrected chi connectivity index (χ1v) is 6.88. The second kappa shape index (κ2) is 7.25. The Kier molecular flexibility index (Phi) is 5.10. The fourth-order valence-corrected chi connectivity index (χ4v) is 2.11. The number of anilines is 1. The quantitative estimate of drug-likeness (QED) is 0.781. The van der Waals surface area contributed by atoms with Gasteiger partial charge in [-0.05, 0) is 12.5 Å². The summed E-state index contributed by atoms with van der Waals surface area (Å²) in [5.41, 5.74) is 1.17. The molecule has 0 fully saturated rings. The third kappa shape index (κ3) is 4.46. The van der Waals surface area contributed by atoms with Crippen molar-refractivity contribution < 1.29 is 4.79 Å². The zero-order chi connectivity index (χ0) is 15.1. The number of nitrogens with zero attached hydrogens (tertiary/aromatic N) is 4. The van der Waals surface area contributed by atoms with Crippen LogP contribution >= 0.6 is 0 Å². The minimum absolute atomic E-state index is 0.0607. The van der Waals surface area contributed by atoms with E-state index in [0.29, 0.717) is 19.5 Å². The molecule has 1 heterocycles. The minimum atomic E-state index is 0.0607. The van der Waals surface area contributed by atoms with Crippen molar-refractivity contribution in [3.8, 4) is 6.07 Å². The highest BCUT2D eigenvalue weighted by molar-refractivity contribution is 5.80. The van der Waals surface area contributed by atoms with Crippen molar-refractivity contribution in [3.05, 3.63) is 48.2 Å². The van der Waals surface area contributed by atoms with Crippen LogP contribution < -0.4 is 4.90 Å². The third-order valence-corrected chi connectivity index (χ3v) is 3.05. The van der Waals surface area contributed by atoms with Crippen LogP contribution in [0, 0.1) is 11.3 Å². The smallest absolute Gasteiger partial charge is 0.151 e. The molecule has 0 aliphatic rings. The lowest BCUT2D eigenvalue weighted by Gasteiger charge is -2.19. The maximum Gasteiger partial charge on any atom is 0.151 e. The molecule has 0 saturated carbocycles.